The lowest BCUT2D eigenvalue weighted by atomic mass is 9.85. The lowest BCUT2D eigenvalue weighted by Crippen LogP contribution is -2.45. The van der Waals surface area contributed by atoms with Crippen LogP contribution in [0.4, 0.5) is 4.79 Å². The van der Waals surface area contributed by atoms with Crippen LogP contribution in [0.3, 0.4) is 0 Å². The predicted octanol–water partition coefficient (Wildman–Crippen LogP) is 2.43. The number of benzene rings is 2. The third kappa shape index (κ3) is 4.56. The predicted molar refractivity (Wildman–Crippen MR) is 108 cm³/mol. The van der Waals surface area contributed by atoms with Gasteiger partial charge in [0.15, 0.2) is 0 Å². The van der Waals surface area contributed by atoms with Gasteiger partial charge in [-0.2, -0.15) is 0 Å². The highest BCUT2D eigenvalue weighted by Gasteiger charge is 2.52. The van der Waals surface area contributed by atoms with E-state index in [2.05, 4.69) is 10.6 Å². The van der Waals surface area contributed by atoms with Crippen LogP contribution in [-0.4, -0.2) is 42.4 Å². The number of amides is 4. The molecule has 0 bridgehead atoms. The number of carbonyl (C=O) groups is 3. The van der Waals surface area contributed by atoms with E-state index in [4.69, 9.17) is 4.74 Å². The Morgan fingerprint density at radius 2 is 1.72 bits per heavy atom. The van der Waals surface area contributed by atoms with Crippen molar-refractivity contribution in [3.63, 3.8) is 0 Å². The van der Waals surface area contributed by atoms with Crippen LogP contribution in [0.5, 0.6) is 5.75 Å². The van der Waals surface area contributed by atoms with Crippen molar-refractivity contribution in [1.29, 1.82) is 0 Å². The maximum absolute atomic E-state index is 13.1. The summed E-state index contributed by atoms with van der Waals surface area (Å²) in [5.41, 5.74) is -0.400. The van der Waals surface area contributed by atoms with Gasteiger partial charge in [0.2, 0.25) is 5.91 Å². The first-order valence-corrected chi connectivity index (χ1v) is 9.71. The fourth-order valence-electron chi connectivity index (χ4n) is 3.45. The van der Waals surface area contributed by atoms with E-state index in [-0.39, 0.29) is 13.1 Å². The van der Waals surface area contributed by atoms with Crippen LogP contribution < -0.4 is 15.4 Å². The fourth-order valence-corrected chi connectivity index (χ4v) is 3.45. The zero-order valence-corrected chi connectivity index (χ0v) is 16.4. The number of para-hydroxylation sites is 1. The second-order valence-corrected chi connectivity index (χ2v) is 6.85. The number of ether oxygens (including phenoxy) is 1. The van der Waals surface area contributed by atoms with Crippen molar-refractivity contribution in [3.05, 3.63) is 66.2 Å². The summed E-state index contributed by atoms with van der Waals surface area (Å²) in [6.45, 7) is 2.19. The minimum Gasteiger partial charge on any atom is -0.492 e. The highest BCUT2D eigenvalue weighted by Crippen LogP contribution is 2.33. The van der Waals surface area contributed by atoms with Gasteiger partial charge in [-0.15, -0.1) is 0 Å². The Kier molecular flexibility index (Phi) is 6.49. The second kappa shape index (κ2) is 9.23. The number of carbonyl (C=O) groups excluding carboxylic acids is 3. The summed E-state index contributed by atoms with van der Waals surface area (Å²) in [6.07, 6.45) is 1.17. The maximum Gasteiger partial charge on any atom is 0.325 e. The quantitative estimate of drug-likeness (QED) is 0.504. The topological polar surface area (TPSA) is 87.7 Å². The first kappa shape index (κ1) is 20.4. The number of rotatable bonds is 9. The zero-order valence-electron chi connectivity index (χ0n) is 16.4. The molecule has 1 atom stereocenters. The van der Waals surface area contributed by atoms with Gasteiger partial charge in [0, 0.05) is 0 Å². The van der Waals surface area contributed by atoms with E-state index >= 15 is 0 Å². The highest BCUT2D eigenvalue weighted by atomic mass is 16.5. The molecule has 0 spiro atoms. The van der Waals surface area contributed by atoms with Crippen LogP contribution in [-0.2, 0) is 15.1 Å². The Hall–Kier alpha value is -3.35. The number of nitrogens with one attached hydrogen (secondary N) is 2. The Balaban J connectivity index is 1.58. The Labute approximate surface area is 170 Å². The minimum atomic E-state index is -1.12. The van der Waals surface area contributed by atoms with Crippen molar-refractivity contribution in [2.24, 2.45) is 0 Å². The van der Waals surface area contributed by atoms with E-state index in [0.717, 1.165) is 10.5 Å². The monoisotopic (exact) mass is 395 g/mol. The Morgan fingerprint density at radius 1 is 1.07 bits per heavy atom. The van der Waals surface area contributed by atoms with Gasteiger partial charge < -0.3 is 15.4 Å². The molecule has 0 radical (unpaired) electrons. The van der Waals surface area contributed by atoms with Gasteiger partial charge in [0.1, 0.15) is 24.4 Å². The van der Waals surface area contributed by atoms with Crippen molar-refractivity contribution in [3.8, 4) is 5.75 Å². The molecule has 3 rings (SSSR count). The standard InChI is InChI=1S/C22H25N3O4/c1-2-13-22(17-9-5-3-6-10-17)20(27)25(21(28)24-22)16-19(26)23-14-15-29-18-11-7-4-8-12-18/h3-12H,2,13-16H2,1H3,(H,23,26)(H,24,28)/t22-/m0/s1. The first-order valence-electron chi connectivity index (χ1n) is 9.71. The van der Waals surface area contributed by atoms with Gasteiger partial charge in [-0.25, -0.2) is 4.79 Å². The summed E-state index contributed by atoms with van der Waals surface area (Å²) in [4.78, 5) is 38.9. The summed E-state index contributed by atoms with van der Waals surface area (Å²) < 4.78 is 5.52. The molecule has 4 amide bonds. The van der Waals surface area contributed by atoms with E-state index in [1.54, 1.807) is 0 Å². The molecule has 7 heteroatoms. The van der Waals surface area contributed by atoms with Gasteiger partial charge in [-0.3, -0.25) is 14.5 Å². The lowest BCUT2D eigenvalue weighted by molar-refractivity contribution is -0.135. The molecule has 1 aliphatic heterocycles. The van der Waals surface area contributed by atoms with E-state index < -0.39 is 23.4 Å². The first-order chi connectivity index (χ1) is 14.1. The summed E-state index contributed by atoms with van der Waals surface area (Å²) in [7, 11) is 0. The molecule has 0 aromatic heterocycles. The number of urea groups is 1. The second-order valence-electron chi connectivity index (χ2n) is 6.85. The third-order valence-electron chi connectivity index (χ3n) is 4.81. The fraction of sp³-hybridized carbons (Fsp3) is 0.318. The largest absolute Gasteiger partial charge is 0.492 e. The Morgan fingerprint density at radius 3 is 2.38 bits per heavy atom. The van der Waals surface area contributed by atoms with Crippen molar-refractivity contribution < 1.29 is 19.1 Å². The Bertz CT molecular complexity index is 857. The smallest absolute Gasteiger partial charge is 0.325 e. The average molecular weight is 395 g/mol. The van der Waals surface area contributed by atoms with Crippen LogP contribution in [0.25, 0.3) is 0 Å². The number of hydrogen-bond acceptors (Lipinski definition) is 4. The maximum atomic E-state index is 13.1. The molecule has 1 saturated heterocycles. The van der Waals surface area contributed by atoms with Crippen molar-refractivity contribution in [2.45, 2.75) is 25.3 Å². The number of hydrogen-bond donors (Lipinski definition) is 2. The molecule has 2 N–H and O–H groups in total. The zero-order chi connectivity index (χ0) is 20.7. The summed E-state index contributed by atoms with van der Waals surface area (Å²) in [5.74, 6) is -0.0974. The molecule has 7 nitrogen and oxygen atoms in total. The van der Waals surface area contributed by atoms with Crippen molar-refractivity contribution in [1.82, 2.24) is 15.5 Å². The van der Waals surface area contributed by atoms with Crippen LogP contribution in [0.1, 0.15) is 25.3 Å². The average Bonchev–Trinajstić information content (AvgIpc) is 2.98. The van der Waals surface area contributed by atoms with E-state index in [0.29, 0.717) is 25.2 Å². The molecule has 1 fully saturated rings. The van der Waals surface area contributed by atoms with Gasteiger partial charge in [-0.05, 0) is 24.1 Å². The molecule has 0 unspecified atom stereocenters. The van der Waals surface area contributed by atoms with Gasteiger partial charge in [0.05, 0.1) is 6.54 Å². The van der Waals surface area contributed by atoms with Crippen molar-refractivity contribution in [2.75, 3.05) is 19.7 Å². The molecular weight excluding hydrogens is 370 g/mol. The number of nitrogens with zero attached hydrogens (tertiary/aromatic N) is 1. The molecule has 2 aromatic carbocycles. The van der Waals surface area contributed by atoms with E-state index in [1.807, 2.05) is 67.6 Å². The molecule has 29 heavy (non-hydrogen) atoms. The summed E-state index contributed by atoms with van der Waals surface area (Å²) >= 11 is 0. The number of imide groups is 1. The van der Waals surface area contributed by atoms with Gasteiger partial charge in [0.25, 0.3) is 5.91 Å². The van der Waals surface area contributed by atoms with Crippen LogP contribution in [0.2, 0.25) is 0 Å². The van der Waals surface area contributed by atoms with Gasteiger partial charge >= 0.3 is 6.03 Å². The normalized spacial score (nSPS) is 18.4. The molecule has 2 aromatic rings. The van der Waals surface area contributed by atoms with Gasteiger partial charge in [-0.1, -0.05) is 61.9 Å². The van der Waals surface area contributed by atoms with E-state index in [1.165, 1.54) is 0 Å². The molecule has 1 heterocycles. The van der Waals surface area contributed by atoms with Crippen LogP contribution >= 0.6 is 0 Å². The molecule has 0 saturated carbocycles. The molecule has 1 aliphatic rings. The van der Waals surface area contributed by atoms with E-state index in [9.17, 15) is 14.4 Å². The molecule has 0 aliphatic carbocycles. The van der Waals surface area contributed by atoms with Crippen LogP contribution in [0, 0.1) is 0 Å². The summed E-state index contributed by atoms with van der Waals surface area (Å²) in [5, 5.41) is 5.49. The summed E-state index contributed by atoms with van der Waals surface area (Å²) in [6, 6.07) is 17.9. The molecule has 152 valence electrons. The third-order valence-corrected chi connectivity index (χ3v) is 4.81. The van der Waals surface area contributed by atoms with Crippen LogP contribution in [0.15, 0.2) is 60.7 Å². The highest BCUT2D eigenvalue weighted by molar-refractivity contribution is 6.09. The minimum absolute atomic E-state index is 0.274. The lowest BCUT2D eigenvalue weighted by Gasteiger charge is -2.26. The SMILES string of the molecule is CCC[C@@]1(c2ccccc2)NC(=O)N(CC(=O)NCCOc2ccccc2)C1=O. The van der Waals surface area contributed by atoms with Crippen molar-refractivity contribution >= 4 is 17.8 Å². The molecular formula is C22H25N3O4.